The maximum absolute atomic E-state index is 4.47. The Bertz CT molecular complexity index is 9380. The van der Waals surface area contributed by atoms with Crippen LogP contribution in [0.4, 0.5) is 102 Å². The van der Waals surface area contributed by atoms with Gasteiger partial charge in [0.25, 0.3) is 0 Å². The normalized spacial score (nSPS) is 11.6. The number of para-hydroxylation sites is 8. The van der Waals surface area contributed by atoms with Crippen LogP contribution in [0.2, 0.25) is 0 Å². The van der Waals surface area contributed by atoms with Gasteiger partial charge in [-0.3, -0.25) is 4.98 Å². The lowest BCUT2D eigenvalue weighted by Gasteiger charge is -2.27. The summed E-state index contributed by atoms with van der Waals surface area (Å²) in [6.07, 6.45) is 3.81. The molecule has 0 aliphatic rings. The molecule has 6 heterocycles. The van der Waals surface area contributed by atoms with Gasteiger partial charge in [0.15, 0.2) is 0 Å². The van der Waals surface area contributed by atoms with Gasteiger partial charge in [-0.25, -0.2) is 0 Å². The van der Waals surface area contributed by atoms with Crippen molar-refractivity contribution in [1.29, 1.82) is 0 Å². The van der Waals surface area contributed by atoms with Crippen molar-refractivity contribution < 1.29 is 0 Å². The van der Waals surface area contributed by atoms with Crippen LogP contribution in [0, 0.1) is 0 Å². The minimum atomic E-state index is 1.09. The topological polar surface area (TPSA) is 32.3 Å². The standard InChI is InChI=1S/C66H43N3S3.C65H42N4S2/c1-5-15-46(16-6-1)67(47-17-7-2-8-18-47)53-30-34-56-59-40-51(32-37-63(59)71-65(56)42-53)69(50-28-25-44(26-29-50)45-27-36-62-58(39-45)55-23-13-14-24-61(55)70-62)52-33-38-64-60(41-52)57-35-31-54(43-66(57)72-64)68(48-19-9-3-10-20-48)49-21-11-4-12-22-49;1-5-17-45(18-6-1)67(50-31-33-60-56(38-50)64-54-27-15-13-25-52(54)58(40-62(64)70-60)68(46-19-7-2-8-20-46)47-21-9-3-10-22-47)51-32-34-61-57(39-51)65-55-28-16-14-26-53(55)59(41-63(65)71-61)69(48-23-11-4-12-24-48)49-30-29-43-35-36-66-42-44(43)37-49/h1-43H;1-42H. The van der Waals surface area contributed by atoms with Gasteiger partial charge in [-0.05, 0) is 282 Å². The molecule has 143 heavy (non-hydrogen) atoms. The van der Waals surface area contributed by atoms with Crippen molar-refractivity contribution in [3.8, 4) is 11.1 Å². The van der Waals surface area contributed by atoms with Gasteiger partial charge < -0.3 is 29.4 Å². The van der Waals surface area contributed by atoms with E-state index in [0.717, 1.165) is 108 Å². The van der Waals surface area contributed by atoms with Gasteiger partial charge in [-0.1, -0.05) is 249 Å². The number of hydrogen-bond donors (Lipinski definition) is 0. The van der Waals surface area contributed by atoms with E-state index in [9.17, 15) is 0 Å². The minimum Gasteiger partial charge on any atom is -0.310 e. The fourth-order valence-corrected chi connectivity index (χ4v) is 26.7. The van der Waals surface area contributed by atoms with Crippen molar-refractivity contribution >= 4 is 292 Å². The number of fused-ring (bicyclic) bond motifs is 20. The zero-order chi connectivity index (χ0) is 94.4. The van der Waals surface area contributed by atoms with Crippen molar-refractivity contribution in [3.63, 3.8) is 0 Å². The van der Waals surface area contributed by atoms with Crippen LogP contribution in [-0.4, -0.2) is 4.98 Å². The first-order chi connectivity index (χ1) is 70.9. The van der Waals surface area contributed by atoms with Crippen LogP contribution in [0.5, 0.6) is 0 Å². The third-order valence-electron chi connectivity index (χ3n) is 27.6. The lowest BCUT2D eigenvalue weighted by molar-refractivity contribution is 1.29. The number of hydrogen-bond acceptors (Lipinski definition) is 12. The Labute approximate surface area is 846 Å². The lowest BCUT2D eigenvalue weighted by Crippen LogP contribution is -2.10. The van der Waals surface area contributed by atoms with E-state index in [0.29, 0.717) is 0 Å². The predicted molar refractivity (Wildman–Crippen MR) is 621 cm³/mol. The van der Waals surface area contributed by atoms with Gasteiger partial charge in [-0.2, -0.15) is 0 Å². The van der Waals surface area contributed by atoms with Gasteiger partial charge in [0.2, 0.25) is 0 Å². The fourth-order valence-electron chi connectivity index (χ4n) is 21.1. The summed E-state index contributed by atoms with van der Waals surface area (Å²) in [5.41, 5.74) is 22.6. The Hall–Kier alpha value is -17.3. The molecule has 674 valence electrons. The van der Waals surface area contributed by atoms with Crippen molar-refractivity contribution in [3.05, 3.63) is 516 Å². The molecule has 0 aliphatic carbocycles. The molecule has 6 aromatic heterocycles. The highest BCUT2D eigenvalue weighted by Crippen LogP contribution is 2.54. The summed E-state index contributed by atoms with van der Waals surface area (Å²) >= 11 is 9.30. The monoisotopic (exact) mass is 1920 g/mol. The molecule has 0 aliphatic heterocycles. The van der Waals surface area contributed by atoms with Crippen molar-refractivity contribution in [2.75, 3.05) is 29.4 Å². The number of nitrogens with zero attached hydrogens (tertiary/aromatic N) is 7. The fraction of sp³-hybridized carbons (Fsp3) is 0. The third-order valence-corrected chi connectivity index (χ3v) is 33.3. The molecule has 28 rings (SSSR count). The molecular weight excluding hydrogens is 1830 g/mol. The molecular formula is C131H85N7S5. The molecule has 7 nitrogen and oxygen atoms in total. The van der Waals surface area contributed by atoms with Gasteiger partial charge in [0.05, 0.1) is 11.4 Å². The molecule has 0 spiro atoms. The smallest absolute Gasteiger partial charge is 0.0554 e. The van der Waals surface area contributed by atoms with Crippen LogP contribution < -0.4 is 29.4 Å². The summed E-state index contributed by atoms with van der Waals surface area (Å²) in [6.45, 7) is 0. The molecule has 0 saturated heterocycles. The average Bonchev–Trinajstić information content (AvgIpc) is 1.63. The summed E-state index contributed by atoms with van der Waals surface area (Å²) in [5, 5.41) is 19.8. The maximum Gasteiger partial charge on any atom is 0.0554 e. The molecule has 0 bridgehead atoms. The summed E-state index contributed by atoms with van der Waals surface area (Å²) in [7, 11) is 0. The number of benzene rings is 22. The van der Waals surface area contributed by atoms with Crippen LogP contribution in [0.15, 0.2) is 516 Å². The Morgan fingerprint density at radius 1 is 0.140 bits per heavy atom. The van der Waals surface area contributed by atoms with Crippen LogP contribution in [0.1, 0.15) is 0 Å². The maximum atomic E-state index is 4.47. The Morgan fingerprint density at radius 3 is 0.825 bits per heavy atom. The third kappa shape index (κ3) is 15.4. The van der Waals surface area contributed by atoms with Crippen LogP contribution >= 0.6 is 56.7 Å². The zero-order valence-electron chi connectivity index (χ0n) is 77.2. The predicted octanol–water partition coefficient (Wildman–Crippen LogP) is 40.6. The highest BCUT2D eigenvalue weighted by atomic mass is 32.1. The summed E-state index contributed by atoms with van der Waals surface area (Å²) in [6, 6.07) is 184. The van der Waals surface area contributed by atoms with Gasteiger partial charge in [0, 0.05) is 220 Å². The van der Waals surface area contributed by atoms with Crippen molar-refractivity contribution in [2.24, 2.45) is 0 Å². The van der Waals surface area contributed by atoms with Gasteiger partial charge >= 0.3 is 0 Å². The van der Waals surface area contributed by atoms with Crippen LogP contribution in [0.3, 0.4) is 0 Å². The van der Waals surface area contributed by atoms with E-state index in [4.69, 9.17) is 0 Å². The molecule has 0 unspecified atom stereocenters. The molecule has 0 atom stereocenters. The molecule has 28 aromatic rings. The second-order valence-electron chi connectivity index (χ2n) is 36.1. The largest absolute Gasteiger partial charge is 0.310 e. The van der Waals surface area contributed by atoms with E-state index in [-0.39, 0.29) is 0 Å². The average molecular weight is 1920 g/mol. The highest BCUT2D eigenvalue weighted by Gasteiger charge is 2.28. The first-order valence-electron chi connectivity index (χ1n) is 48.1. The van der Waals surface area contributed by atoms with E-state index >= 15 is 0 Å². The van der Waals surface area contributed by atoms with Crippen molar-refractivity contribution in [2.45, 2.75) is 0 Å². The SMILES string of the molecule is c1ccc(N(c2ccc3sc4cc(N(c5ccccc5)c5ccccc5)c5ccccc5c4c3c2)c2ccc3sc4cc(N(c5ccccc5)c5ccc6ccncc6c5)c5ccccc5c4c3c2)cc1.c1ccc(N(c2ccccc2)c2ccc3c(c2)sc2ccc(N(c4ccc(-c5ccc6sc7ccccc7c6c5)cc4)c4ccc5sc6cc(N(c7ccccc7)c7ccccc7)ccc6c5c4)cc23)cc1. The summed E-state index contributed by atoms with van der Waals surface area (Å²) < 4.78 is 12.7. The van der Waals surface area contributed by atoms with Crippen LogP contribution in [0.25, 0.3) is 144 Å². The number of anilines is 18. The van der Waals surface area contributed by atoms with E-state index in [1.165, 1.54) is 139 Å². The summed E-state index contributed by atoms with van der Waals surface area (Å²) in [4.78, 5) is 18.8. The van der Waals surface area contributed by atoms with E-state index in [2.05, 4.69) is 538 Å². The first-order valence-corrected chi connectivity index (χ1v) is 52.2. The molecule has 0 fully saturated rings. The molecule has 0 N–H and O–H groups in total. The van der Waals surface area contributed by atoms with E-state index in [1.54, 1.807) is 0 Å². The van der Waals surface area contributed by atoms with Crippen molar-refractivity contribution in [1.82, 2.24) is 4.98 Å². The minimum absolute atomic E-state index is 1.09. The second kappa shape index (κ2) is 36.1. The molecule has 12 heteroatoms. The number of aromatic nitrogens is 1. The Kier molecular flexibility index (Phi) is 21.5. The number of thiophene rings is 5. The van der Waals surface area contributed by atoms with E-state index < -0.39 is 0 Å². The Morgan fingerprint density at radius 2 is 0.406 bits per heavy atom. The lowest BCUT2D eigenvalue weighted by atomic mass is 9.99. The van der Waals surface area contributed by atoms with E-state index in [1.807, 2.05) is 69.1 Å². The first kappa shape index (κ1) is 84.9. The quantitative estimate of drug-likeness (QED) is 0.0798. The molecule has 0 saturated carbocycles. The summed E-state index contributed by atoms with van der Waals surface area (Å²) in [5.74, 6) is 0. The zero-order valence-corrected chi connectivity index (χ0v) is 81.3. The second-order valence-corrected chi connectivity index (χ2v) is 41.5. The number of rotatable bonds is 19. The molecule has 0 radical (unpaired) electrons. The number of pyridine rings is 1. The molecule has 0 amide bonds. The van der Waals surface area contributed by atoms with Gasteiger partial charge in [0.1, 0.15) is 0 Å². The highest BCUT2D eigenvalue weighted by molar-refractivity contribution is 7.27. The Balaban J connectivity index is 0.000000143. The molecule has 22 aromatic carbocycles. The van der Waals surface area contributed by atoms with Gasteiger partial charge in [-0.15, -0.1) is 56.7 Å². The van der Waals surface area contributed by atoms with Crippen LogP contribution in [-0.2, 0) is 0 Å².